The summed E-state index contributed by atoms with van der Waals surface area (Å²) in [5.74, 6) is 1.01. The fourth-order valence-corrected chi connectivity index (χ4v) is 2.79. The van der Waals surface area contributed by atoms with Crippen LogP contribution >= 0.6 is 0 Å². The topological polar surface area (TPSA) is 32.3 Å². The van der Waals surface area contributed by atoms with Gasteiger partial charge in [0.05, 0.1) is 0 Å². The van der Waals surface area contributed by atoms with Crippen LogP contribution in [-0.2, 0) is 4.79 Å². The van der Waals surface area contributed by atoms with Gasteiger partial charge in [-0.1, -0.05) is 13.8 Å². The number of hydrogen-bond donors (Lipinski definition) is 1. The lowest BCUT2D eigenvalue weighted by atomic mass is 9.93. The van der Waals surface area contributed by atoms with Gasteiger partial charge in [0.2, 0.25) is 5.91 Å². The van der Waals surface area contributed by atoms with E-state index in [1.165, 1.54) is 12.8 Å². The van der Waals surface area contributed by atoms with Crippen LogP contribution < -0.4 is 5.32 Å². The molecular weight excluding hydrogens is 200 g/mol. The quantitative estimate of drug-likeness (QED) is 0.773. The predicted octanol–water partition coefficient (Wildman–Crippen LogP) is 1.63. The van der Waals surface area contributed by atoms with Crippen molar-refractivity contribution in [2.45, 2.75) is 39.5 Å². The minimum Gasteiger partial charge on any atom is -0.342 e. The normalized spacial score (nSPS) is 26.0. The Morgan fingerprint density at radius 1 is 1.38 bits per heavy atom. The van der Waals surface area contributed by atoms with Crippen molar-refractivity contribution in [3.8, 4) is 0 Å². The molecule has 1 amide bonds. The molecule has 16 heavy (non-hydrogen) atoms. The van der Waals surface area contributed by atoms with Crippen molar-refractivity contribution in [3.63, 3.8) is 0 Å². The summed E-state index contributed by atoms with van der Waals surface area (Å²) in [4.78, 5) is 14.2. The maximum Gasteiger partial charge on any atom is 0.222 e. The Morgan fingerprint density at radius 2 is 2.06 bits per heavy atom. The molecule has 0 unspecified atom stereocenters. The summed E-state index contributed by atoms with van der Waals surface area (Å²) in [7, 11) is 0. The summed E-state index contributed by atoms with van der Waals surface area (Å²) < 4.78 is 0. The summed E-state index contributed by atoms with van der Waals surface area (Å²) in [5.41, 5.74) is 0.337. The van der Waals surface area contributed by atoms with Crippen molar-refractivity contribution in [1.29, 1.82) is 0 Å². The van der Waals surface area contributed by atoms with Gasteiger partial charge >= 0.3 is 0 Å². The summed E-state index contributed by atoms with van der Waals surface area (Å²) in [5, 5.41) is 3.35. The number of carbonyl (C=O) groups is 1. The average molecular weight is 224 g/mol. The molecule has 92 valence electrons. The van der Waals surface area contributed by atoms with Gasteiger partial charge in [-0.3, -0.25) is 4.79 Å². The molecule has 2 aliphatic rings. The van der Waals surface area contributed by atoms with Crippen molar-refractivity contribution in [3.05, 3.63) is 0 Å². The van der Waals surface area contributed by atoms with Gasteiger partial charge in [-0.05, 0) is 43.7 Å². The molecule has 0 spiro atoms. The van der Waals surface area contributed by atoms with Crippen molar-refractivity contribution in [2.24, 2.45) is 11.3 Å². The number of likely N-dealkylation sites (tertiary alicyclic amines) is 1. The predicted molar refractivity (Wildman–Crippen MR) is 65.2 cm³/mol. The van der Waals surface area contributed by atoms with E-state index in [4.69, 9.17) is 0 Å². The van der Waals surface area contributed by atoms with Crippen molar-refractivity contribution in [1.82, 2.24) is 10.2 Å². The number of rotatable bonds is 2. The van der Waals surface area contributed by atoms with E-state index in [9.17, 15) is 4.79 Å². The second-order valence-electron chi connectivity index (χ2n) is 6.13. The molecule has 3 nitrogen and oxygen atoms in total. The molecule has 2 saturated heterocycles. The molecule has 0 aliphatic carbocycles. The molecule has 0 aromatic heterocycles. The van der Waals surface area contributed by atoms with Gasteiger partial charge in [-0.2, -0.15) is 0 Å². The smallest absolute Gasteiger partial charge is 0.222 e. The molecule has 2 heterocycles. The summed E-state index contributed by atoms with van der Waals surface area (Å²) in [6, 6.07) is 0. The third-order valence-corrected chi connectivity index (χ3v) is 3.95. The molecule has 1 N–H and O–H groups in total. The van der Waals surface area contributed by atoms with E-state index in [-0.39, 0.29) is 0 Å². The largest absolute Gasteiger partial charge is 0.342 e. The lowest BCUT2D eigenvalue weighted by molar-refractivity contribution is -0.131. The van der Waals surface area contributed by atoms with Crippen LogP contribution in [-0.4, -0.2) is 37.0 Å². The van der Waals surface area contributed by atoms with Gasteiger partial charge in [0, 0.05) is 19.5 Å². The third-order valence-electron chi connectivity index (χ3n) is 3.95. The molecule has 3 heteroatoms. The first-order valence-electron chi connectivity index (χ1n) is 6.55. The van der Waals surface area contributed by atoms with Crippen LogP contribution in [0.25, 0.3) is 0 Å². The minimum absolute atomic E-state index is 0.337. The van der Waals surface area contributed by atoms with E-state index >= 15 is 0 Å². The van der Waals surface area contributed by atoms with Crippen LogP contribution in [0.2, 0.25) is 0 Å². The first-order valence-corrected chi connectivity index (χ1v) is 6.55. The molecule has 0 bridgehead atoms. The summed E-state index contributed by atoms with van der Waals surface area (Å²) in [6.45, 7) is 8.61. The van der Waals surface area contributed by atoms with Crippen molar-refractivity contribution < 1.29 is 4.79 Å². The lowest BCUT2D eigenvalue weighted by Crippen LogP contribution is -2.34. The maximum absolute atomic E-state index is 12.1. The van der Waals surface area contributed by atoms with Gasteiger partial charge < -0.3 is 10.2 Å². The number of carbonyl (C=O) groups excluding carboxylic acids is 1. The van der Waals surface area contributed by atoms with E-state index in [0.29, 0.717) is 17.2 Å². The molecule has 0 aromatic carbocycles. The van der Waals surface area contributed by atoms with E-state index in [2.05, 4.69) is 24.1 Å². The Balaban J connectivity index is 1.79. The van der Waals surface area contributed by atoms with Gasteiger partial charge in [0.15, 0.2) is 0 Å². The second-order valence-corrected chi connectivity index (χ2v) is 6.13. The van der Waals surface area contributed by atoms with Crippen LogP contribution in [0.4, 0.5) is 0 Å². The van der Waals surface area contributed by atoms with Crippen LogP contribution in [0.5, 0.6) is 0 Å². The number of piperidine rings is 1. The molecule has 0 aromatic rings. The van der Waals surface area contributed by atoms with E-state index < -0.39 is 0 Å². The second kappa shape index (κ2) is 4.74. The zero-order valence-corrected chi connectivity index (χ0v) is 10.6. The van der Waals surface area contributed by atoms with Gasteiger partial charge in [-0.15, -0.1) is 0 Å². The van der Waals surface area contributed by atoms with Crippen LogP contribution in [0.3, 0.4) is 0 Å². The molecule has 2 fully saturated rings. The molecule has 2 rings (SSSR count). The van der Waals surface area contributed by atoms with Crippen LogP contribution in [0.1, 0.15) is 39.5 Å². The van der Waals surface area contributed by atoms with Gasteiger partial charge in [0.1, 0.15) is 0 Å². The third kappa shape index (κ3) is 2.97. The number of nitrogens with zero attached hydrogens (tertiary/aromatic N) is 1. The zero-order chi connectivity index (χ0) is 11.6. The van der Waals surface area contributed by atoms with Crippen LogP contribution in [0.15, 0.2) is 0 Å². The first-order chi connectivity index (χ1) is 7.57. The number of amides is 1. The Morgan fingerprint density at radius 3 is 2.62 bits per heavy atom. The van der Waals surface area contributed by atoms with Gasteiger partial charge in [-0.25, -0.2) is 0 Å². The van der Waals surface area contributed by atoms with E-state index in [0.717, 1.165) is 39.0 Å². The highest BCUT2D eigenvalue weighted by atomic mass is 16.2. The highest BCUT2D eigenvalue weighted by Crippen LogP contribution is 2.30. The lowest BCUT2D eigenvalue weighted by Gasteiger charge is -2.25. The standard InChI is InChI=1S/C13H24N2O/c1-13(2)5-8-15(10-13)12(16)9-11-3-6-14-7-4-11/h11,14H,3-10H2,1-2H3. The molecule has 2 aliphatic heterocycles. The monoisotopic (exact) mass is 224 g/mol. The number of nitrogens with one attached hydrogen (secondary N) is 1. The average Bonchev–Trinajstić information content (AvgIpc) is 2.60. The Hall–Kier alpha value is -0.570. The molecule has 0 radical (unpaired) electrons. The first kappa shape index (κ1) is 11.9. The van der Waals surface area contributed by atoms with Crippen molar-refractivity contribution in [2.75, 3.05) is 26.2 Å². The molecule has 0 atom stereocenters. The zero-order valence-electron chi connectivity index (χ0n) is 10.6. The SMILES string of the molecule is CC1(C)CCN(C(=O)CC2CCNCC2)C1. The molecular formula is C13H24N2O. The fourth-order valence-electron chi connectivity index (χ4n) is 2.79. The van der Waals surface area contributed by atoms with Crippen LogP contribution in [0, 0.1) is 11.3 Å². The van der Waals surface area contributed by atoms with E-state index in [1.807, 2.05) is 0 Å². The van der Waals surface area contributed by atoms with E-state index in [1.54, 1.807) is 0 Å². The number of hydrogen-bond acceptors (Lipinski definition) is 2. The maximum atomic E-state index is 12.1. The Bertz CT molecular complexity index is 257. The van der Waals surface area contributed by atoms with Crippen molar-refractivity contribution >= 4 is 5.91 Å². The van der Waals surface area contributed by atoms with Gasteiger partial charge in [0.25, 0.3) is 0 Å². The minimum atomic E-state index is 0.337. The summed E-state index contributed by atoms with van der Waals surface area (Å²) in [6.07, 6.45) is 4.27. The summed E-state index contributed by atoms with van der Waals surface area (Å²) >= 11 is 0. The fraction of sp³-hybridized carbons (Fsp3) is 0.923. The molecule has 0 saturated carbocycles. The Kier molecular flexibility index (Phi) is 3.53. The Labute approximate surface area is 98.6 Å². The highest BCUT2D eigenvalue weighted by Gasteiger charge is 2.32. The highest BCUT2D eigenvalue weighted by molar-refractivity contribution is 5.76.